The van der Waals surface area contributed by atoms with Crippen molar-refractivity contribution >= 4 is 33.4 Å². The number of benzene rings is 1. The maximum atomic E-state index is 11.8. The molecule has 0 spiro atoms. The fraction of sp³-hybridized carbons (Fsp3) is 0.429. The van der Waals surface area contributed by atoms with Crippen molar-refractivity contribution in [2.75, 3.05) is 12.4 Å². The molecule has 0 aliphatic rings. The van der Waals surface area contributed by atoms with Gasteiger partial charge < -0.3 is 10.1 Å². The molecule has 0 aliphatic carbocycles. The van der Waals surface area contributed by atoms with Crippen molar-refractivity contribution < 1.29 is 9.53 Å². The summed E-state index contributed by atoms with van der Waals surface area (Å²) in [6.45, 7) is 4.17. The molecule has 0 radical (unpaired) electrons. The Labute approximate surface area is 116 Å². The van der Waals surface area contributed by atoms with Crippen molar-refractivity contribution in [2.24, 2.45) is 5.92 Å². The number of nitrogens with zero attached hydrogens (tertiary/aromatic N) is 1. The molecule has 1 aromatic carbocycles. The Morgan fingerprint density at radius 3 is 2.84 bits per heavy atom. The van der Waals surface area contributed by atoms with E-state index in [1.54, 1.807) is 0 Å². The summed E-state index contributed by atoms with van der Waals surface area (Å²) >= 11 is 1.38. The molecule has 5 heteroatoms. The lowest BCUT2D eigenvalue weighted by Crippen LogP contribution is -2.31. The van der Waals surface area contributed by atoms with Gasteiger partial charge in [-0.1, -0.05) is 26.0 Å². The Morgan fingerprint density at radius 2 is 2.16 bits per heavy atom. The highest BCUT2D eigenvalue weighted by Crippen LogP contribution is 2.28. The van der Waals surface area contributed by atoms with E-state index in [1.165, 1.54) is 18.6 Å². The third-order valence-corrected chi connectivity index (χ3v) is 3.69. The van der Waals surface area contributed by atoms with Gasteiger partial charge in [0.15, 0.2) is 0 Å². The van der Waals surface area contributed by atoms with Crippen LogP contribution in [0, 0.1) is 5.92 Å². The highest BCUT2D eigenvalue weighted by atomic mass is 32.1. The third kappa shape index (κ3) is 3.23. The molecule has 4 nitrogen and oxygen atoms in total. The molecule has 1 aromatic heterocycles. The Morgan fingerprint density at radius 1 is 1.42 bits per heavy atom. The van der Waals surface area contributed by atoms with Gasteiger partial charge in [-0.3, -0.25) is 0 Å². The summed E-state index contributed by atoms with van der Waals surface area (Å²) in [6, 6.07) is 7.57. The van der Waals surface area contributed by atoms with Crippen LogP contribution in [-0.2, 0) is 9.53 Å². The van der Waals surface area contributed by atoms with Crippen molar-refractivity contribution in [3.63, 3.8) is 0 Å². The Hall–Kier alpha value is -1.62. The Balaban J connectivity index is 2.23. The van der Waals surface area contributed by atoms with Gasteiger partial charge in [-0.25, -0.2) is 4.79 Å². The summed E-state index contributed by atoms with van der Waals surface area (Å²) < 4.78 is 9.22. The molecule has 0 bridgehead atoms. The second kappa shape index (κ2) is 6.02. The molecule has 0 saturated heterocycles. The third-order valence-electron chi connectivity index (χ3n) is 2.88. The van der Waals surface area contributed by atoms with Gasteiger partial charge >= 0.3 is 5.97 Å². The number of ether oxygens (including phenoxy) is 1. The predicted molar refractivity (Wildman–Crippen MR) is 78.5 cm³/mol. The van der Waals surface area contributed by atoms with Crippen LogP contribution in [0.1, 0.15) is 20.3 Å². The van der Waals surface area contributed by atoms with Gasteiger partial charge in [0.1, 0.15) is 11.0 Å². The molecule has 0 saturated carbocycles. The van der Waals surface area contributed by atoms with Crippen LogP contribution in [0.25, 0.3) is 10.9 Å². The summed E-state index contributed by atoms with van der Waals surface area (Å²) in [7, 11) is 1.42. The SMILES string of the molecule is COC(=O)C(CC(C)C)Nc1snc2ccccc12. The summed E-state index contributed by atoms with van der Waals surface area (Å²) in [4.78, 5) is 11.8. The predicted octanol–water partition coefficient (Wildman–Crippen LogP) is 3.30. The van der Waals surface area contributed by atoms with Crippen LogP contribution in [-0.4, -0.2) is 23.5 Å². The van der Waals surface area contributed by atoms with Crippen molar-refractivity contribution in [3.05, 3.63) is 24.3 Å². The van der Waals surface area contributed by atoms with Gasteiger partial charge in [-0.15, -0.1) is 0 Å². The number of hydrogen-bond donors (Lipinski definition) is 1. The largest absolute Gasteiger partial charge is 0.467 e. The minimum atomic E-state index is -0.325. The van der Waals surface area contributed by atoms with Crippen LogP contribution in [0.5, 0.6) is 0 Å². The van der Waals surface area contributed by atoms with Crippen LogP contribution in [0.3, 0.4) is 0 Å². The minimum Gasteiger partial charge on any atom is -0.467 e. The van der Waals surface area contributed by atoms with E-state index in [0.29, 0.717) is 5.92 Å². The zero-order valence-corrected chi connectivity index (χ0v) is 12.2. The maximum Gasteiger partial charge on any atom is 0.328 e. The van der Waals surface area contributed by atoms with E-state index < -0.39 is 0 Å². The van der Waals surface area contributed by atoms with Crippen LogP contribution < -0.4 is 5.32 Å². The second-order valence-corrected chi connectivity index (χ2v) is 5.65. The van der Waals surface area contributed by atoms with Gasteiger partial charge in [0.2, 0.25) is 0 Å². The average Bonchev–Trinajstić information content (AvgIpc) is 2.80. The molecule has 1 unspecified atom stereocenters. The number of carbonyl (C=O) groups is 1. The molecule has 19 heavy (non-hydrogen) atoms. The number of methoxy groups -OCH3 is 1. The lowest BCUT2D eigenvalue weighted by Gasteiger charge is -2.18. The molecule has 1 N–H and O–H groups in total. The van der Waals surface area contributed by atoms with Crippen molar-refractivity contribution in [1.29, 1.82) is 0 Å². The zero-order chi connectivity index (χ0) is 13.8. The molecular weight excluding hydrogens is 260 g/mol. The fourth-order valence-electron chi connectivity index (χ4n) is 1.98. The number of aromatic nitrogens is 1. The lowest BCUT2D eigenvalue weighted by molar-refractivity contribution is -0.141. The van der Waals surface area contributed by atoms with Crippen molar-refractivity contribution in [2.45, 2.75) is 26.3 Å². The van der Waals surface area contributed by atoms with Crippen molar-refractivity contribution in [3.8, 4) is 0 Å². The van der Waals surface area contributed by atoms with Crippen LogP contribution >= 0.6 is 11.5 Å². The van der Waals surface area contributed by atoms with Crippen LogP contribution in [0.2, 0.25) is 0 Å². The van der Waals surface area contributed by atoms with E-state index in [4.69, 9.17) is 4.74 Å². The van der Waals surface area contributed by atoms with E-state index >= 15 is 0 Å². The Bertz CT molecular complexity index is 565. The first-order valence-electron chi connectivity index (χ1n) is 6.30. The number of fused-ring (bicyclic) bond motifs is 1. The van der Waals surface area contributed by atoms with Gasteiger partial charge in [-0.2, -0.15) is 4.37 Å². The normalized spacial score (nSPS) is 12.6. The van der Waals surface area contributed by atoms with E-state index in [2.05, 4.69) is 23.5 Å². The summed E-state index contributed by atoms with van der Waals surface area (Å²) in [5.41, 5.74) is 0.947. The fourth-order valence-corrected chi connectivity index (χ4v) is 2.79. The molecule has 2 aromatic rings. The van der Waals surface area contributed by atoms with Crippen LogP contribution in [0.15, 0.2) is 24.3 Å². The summed E-state index contributed by atoms with van der Waals surface area (Å²) in [6.07, 6.45) is 0.735. The highest BCUT2D eigenvalue weighted by molar-refractivity contribution is 7.11. The molecule has 1 atom stereocenters. The number of rotatable bonds is 5. The molecule has 2 rings (SSSR count). The standard InChI is InChI=1S/C14H18N2O2S/c1-9(2)8-12(14(17)18-3)15-13-10-6-4-5-7-11(10)16-19-13/h4-7,9,12,15H,8H2,1-3H3. The monoisotopic (exact) mass is 278 g/mol. The topological polar surface area (TPSA) is 51.2 Å². The highest BCUT2D eigenvalue weighted by Gasteiger charge is 2.21. The van der Waals surface area contributed by atoms with E-state index in [-0.39, 0.29) is 12.0 Å². The quantitative estimate of drug-likeness (QED) is 0.853. The Kier molecular flexibility index (Phi) is 4.37. The lowest BCUT2D eigenvalue weighted by atomic mass is 10.0. The molecular formula is C14H18N2O2S. The van der Waals surface area contributed by atoms with Crippen LogP contribution in [0.4, 0.5) is 5.00 Å². The molecule has 0 fully saturated rings. The van der Waals surface area contributed by atoms with Gasteiger partial charge in [-0.05, 0) is 36.0 Å². The van der Waals surface area contributed by atoms with Crippen molar-refractivity contribution in [1.82, 2.24) is 4.37 Å². The number of anilines is 1. The number of carbonyl (C=O) groups excluding carboxylic acids is 1. The first-order chi connectivity index (χ1) is 9.11. The van der Waals surface area contributed by atoms with Gasteiger partial charge in [0, 0.05) is 5.39 Å². The van der Waals surface area contributed by atoms with E-state index in [9.17, 15) is 4.79 Å². The maximum absolute atomic E-state index is 11.8. The average molecular weight is 278 g/mol. The molecule has 0 amide bonds. The molecule has 0 aliphatic heterocycles. The number of nitrogens with one attached hydrogen (secondary N) is 1. The second-order valence-electron chi connectivity index (χ2n) is 4.88. The first-order valence-corrected chi connectivity index (χ1v) is 7.08. The minimum absolute atomic E-state index is 0.230. The van der Waals surface area contributed by atoms with E-state index in [1.807, 2.05) is 24.3 Å². The molecule has 1 heterocycles. The first kappa shape index (κ1) is 13.8. The van der Waals surface area contributed by atoms with Gasteiger partial charge in [0.05, 0.1) is 12.6 Å². The molecule has 102 valence electrons. The number of hydrogen-bond acceptors (Lipinski definition) is 5. The number of esters is 1. The summed E-state index contributed by atoms with van der Waals surface area (Å²) in [5, 5.41) is 5.23. The van der Waals surface area contributed by atoms with Gasteiger partial charge in [0.25, 0.3) is 0 Å². The summed E-state index contributed by atoms with van der Waals surface area (Å²) in [5.74, 6) is 0.182. The van der Waals surface area contributed by atoms with E-state index in [0.717, 1.165) is 22.3 Å². The zero-order valence-electron chi connectivity index (χ0n) is 11.3. The smallest absolute Gasteiger partial charge is 0.328 e.